The maximum atomic E-state index is 13.4. The van der Waals surface area contributed by atoms with E-state index in [4.69, 9.17) is 0 Å². The second kappa shape index (κ2) is 8.91. The van der Waals surface area contributed by atoms with Gasteiger partial charge >= 0.3 is 0 Å². The van der Waals surface area contributed by atoms with Gasteiger partial charge in [0, 0.05) is 32.3 Å². The third kappa shape index (κ3) is 4.63. The summed E-state index contributed by atoms with van der Waals surface area (Å²) >= 11 is 0. The first-order valence-electron chi connectivity index (χ1n) is 10.2. The Morgan fingerprint density at radius 3 is 2.25 bits per heavy atom. The van der Waals surface area contributed by atoms with Crippen molar-refractivity contribution in [3.63, 3.8) is 0 Å². The van der Waals surface area contributed by atoms with E-state index in [1.165, 1.54) is 12.5 Å². The van der Waals surface area contributed by atoms with E-state index in [2.05, 4.69) is 4.98 Å². The first-order valence-corrected chi connectivity index (χ1v) is 13.4. The van der Waals surface area contributed by atoms with Crippen molar-refractivity contribution >= 4 is 19.7 Å². The molecule has 7 nitrogen and oxygen atoms in total. The summed E-state index contributed by atoms with van der Waals surface area (Å²) in [6.45, 7) is 0.776. The van der Waals surface area contributed by atoms with Crippen molar-refractivity contribution in [2.24, 2.45) is 7.05 Å². The Morgan fingerprint density at radius 1 is 0.969 bits per heavy atom. The molecule has 168 valence electrons. The summed E-state index contributed by atoms with van der Waals surface area (Å²) in [5.41, 5.74) is 0.953. The van der Waals surface area contributed by atoms with Gasteiger partial charge in [-0.3, -0.25) is 0 Å². The van der Waals surface area contributed by atoms with Gasteiger partial charge in [-0.15, -0.1) is 0 Å². The Hall–Kier alpha value is -2.91. The second-order valence-electron chi connectivity index (χ2n) is 7.91. The molecule has 1 aromatic heterocycles. The fourth-order valence-corrected chi connectivity index (χ4v) is 6.99. The van der Waals surface area contributed by atoms with Crippen LogP contribution in [0.5, 0.6) is 0 Å². The van der Waals surface area contributed by atoms with Crippen LogP contribution in [0.4, 0.5) is 0 Å². The van der Waals surface area contributed by atoms with Gasteiger partial charge in [-0.25, -0.2) is 21.8 Å². The molecule has 1 aliphatic heterocycles. The lowest BCUT2D eigenvalue weighted by molar-refractivity contribution is 0.459. The molecule has 4 rings (SSSR count). The number of hydrogen-bond acceptors (Lipinski definition) is 6. The third-order valence-corrected chi connectivity index (χ3v) is 9.31. The van der Waals surface area contributed by atoms with Crippen LogP contribution in [0.2, 0.25) is 0 Å². The summed E-state index contributed by atoms with van der Waals surface area (Å²) in [6, 6.07) is 18.1. The molecular weight excluding hydrogens is 446 g/mol. The summed E-state index contributed by atoms with van der Waals surface area (Å²) in [7, 11) is -5.40. The molecule has 1 aliphatic rings. The van der Waals surface area contributed by atoms with Gasteiger partial charge in [-0.05, 0) is 23.9 Å². The van der Waals surface area contributed by atoms with E-state index in [0.717, 1.165) is 5.56 Å². The van der Waals surface area contributed by atoms with Crippen LogP contribution in [0.25, 0.3) is 0 Å². The summed E-state index contributed by atoms with van der Waals surface area (Å²) in [6.07, 6.45) is 6.16. The number of aryl methyl sites for hydroxylation is 1. The highest BCUT2D eigenvalue weighted by Crippen LogP contribution is 2.35. The molecule has 2 aromatic carbocycles. The standard InChI is InChI=1S/C23H25N3O4S2/c1-25-17-23(24-18-25)31(27,28)14-8-13-26-15-21(19-9-4-2-5-10-19)22(16-26)32(29,30)20-11-6-3-7-12-20/h2-13,17-18,21-22H,14-16H2,1H3/t21-,22+/m0/s1. The number of benzene rings is 2. The predicted molar refractivity (Wildman–Crippen MR) is 123 cm³/mol. The lowest BCUT2D eigenvalue weighted by Gasteiger charge is -2.19. The van der Waals surface area contributed by atoms with Gasteiger partial charge in [-0.1, -0.05) is 54.6 Å². The number of sulfone groups is 2. The molecule has 2 atom stereocenters. The van der Waals surface area contributed by atoms with Gasteiger partial charge in [-0.2, -0.15) is 0 Å². The van der Waals surface area contributed by atoms with E-state index in [1.54, 1.807) is 54.2 Å². The van der Waals surface area contributed by atoms with Crippen LogP contribution in [0, 0.1) is 0 Å². The smallest absolute Gasteiger partial charge is 0.200 e. The second-order valence-corrected chi connectivity index (χ2v) is 12.1. The molecule has 1 saturated heterocycles. The molecule has 2 heterocycles. The molecule has 1 fully saturated rings. The van der Waals surface area contributed by atoms with Crippen LogP contribution in [-0.2, 0) is 26.7 Å². The van der Waals surface area contributed by atoms with Gasteiger partial charge in [0.05, 0.1) is 22.2 Å². The monoisotopic (exact) mass is 471 g/mol. The minimum absolute atomic E-state index is 0.0257. The van der Waals surface area contributed by atoms with Crippen LogP contribution in [0.1, 0.15) is 11.5 Å². The van der Waals surface area contributed by atoms with Crippen molar-refractivity contribution in [2.75, 3.05) is 18.8 Å². The molecule has 0 bridgehead atoms. The zero-order valence-electron chi connectivity index (χ0n) is 17.7. The van der Waals surface area contributed by atoms with E-state index in [9.17, 15) is 16.8 Å². The maximum Gasteiger partial charge on any atom is 0.200 e. The zero-order valence-corrected chi connectivity index (χ0v) is 19.3. The van der Waals surface area contributed by atoms with Gasteiger partial charge in [0.2, 0.25) is 9.84 Å². The minimum Gasteiger partial charge on any atom is -0.376 e. The van der Waals surface area contributed by atoms with Gasteiger partial charge in [0.15, 0.2) is 14.9 Å². The van der Waals surface area contributed by atoms with Crippen LogP contribution in [0.15, 0.2) is 95.4 Å². The predicted octanol–water partition coefficient (Wildman–Crippen LogP) is 2.65. The third-order valence-electron chi connectivity index (χ3n) is 5.62. The summed E-state index contributed by atoms with van der Waals surface area (Å²) in [4.78, 5) is 6.10. The van der Waals surface area contributed by atoms with Crippen molar-refractivity contribution in [1.82, 2.24) is 14.5 Å². The minimum atomic E-state index is -3.57. The highest BCUT2D eigenvalue weighted by atomic mass is 32.2. The van der Waals surface area contributed by atoms with Crippen molar-refractivity contribution in [1.29, 1.82) is 0 Å². The molecule has 0 radical (unpaired) electrons. The molecule has 0 aliphatic carbocycles. The fraction of sp³-hybridized carbons (Fsp3) is 0.261. The number of imidazole rings is 1. The number of hydrogen-bond donors (Lipinski definition) is 0. The maximum absolute atomic E-state index is 13.4. The van der Waals surface area contributed by atoms with Crippen molar-refractivity contribution in [3.05, 3.63) is 91.0 Å². The molecule has 3 aromatic rings. The number of rotatable bonds is 7. The molecule has 0 amide bonds. The van der Waals surface area contributed by atoms with E-state index in [1.807, 2.05) is 35.2 Å². The zero-order chi connectivity index (χ0) is 22.8. The van der Waals surface area contributed by atoms with Crippen molar-refractivity contribution < 1.29 is 16.8 Å². The van der Waals surface area contributed by atoms with Crippen molar-refractivity contribution in [3.8, 4) is 0 Å². The average Bonchev–Trinajstić information content (AvgIpc) is 3.42. The molecule has 9 heteroatoms. The SMILES string of the molecule is Cn1cnc(S(=O)(=O)CC=CN2C[C@@H](S(=O)(=O)c3ccccc3)[C@H](c3ccccc3)C2)c1. The van der Waals surface area contributed by atoms with Crippen molar-refractivity contribution in [2.45, 2.75) is 21.1 Å². The van der Waals surface area contributed by atoms with E-state index < -0.39 is 24.9 Å². The topological polar surface area (TPSA) is 89.3 Å². The molecule has 0 spiro atoms. The van der Waals surface area contributed by atoms with Crippen LogP contribution in [0.3, 0.4) is 0 Å². The summed E-state index contributed by atoms with van der Waals surface area (Å²) < 4.78 is 53.4. The molecule has 0 N–H and O–H groups in total. The number of nitrogens with zero attached hydrogens (tertiary/aromatic N) is 3. The number of likely N-dealkylation sites (tertiary alicyclic amines) is 1. The van der Waals surface area contributed by atoms with E-state index in [0.29, 0.717) is 11.4 Å². The first-order chi connectivity index (χ1) is 15.3. The quantitative estimate of drug-likeness (QED) is 0.526. The first kappa shape index (κ1) is 22.3. The number of aromatic nitrogens is 2. The molecular formula is C23H25N3O4S2. The molecule has 0 unspecified atom stereocenters. The largest absolute Gasteiger partial charge is 0.376 e. The highest BCUT2D eigenvalue weighted by molar-refractivity contribution is 7.92. The molecule has 32 heavy (non-hydrogen) atoms. The van der Waals surface area contributed by atoms with Gasteiger partial charge < -0.3 is 9.47 Å². The Morgan fingerprint density at radius 2 is 1.62 bits per heavy atom. The lowest BCUT2D eigenvalue weighted by Crippen LogP contribution is -2.28. The molecule has 0 saturated carbocycles. The van der Waals surface area contributed by atoms with E-state index >= 15 is 0 Å². The average molecular weight is 472 g/mol. The normalized spacial score (nSPS) is 19.6. The van der Waals surface area contributed by atoms with E-state index in [-0.39, 0.29) is 23.2 Å². The van der Waals surface area contributed by atoms with Crippen LogP contribution < -0.4 is 0 Å². The Balaban J connectivity index is 1.57. The van der Waals surface area contributed by atoms with Gasteiger partial charge in [0.1, 0.15) is 0 Å². The van der Waals surface area contributed by atoms with Crippen LogP contribution >= 0.6 is 0 Å². The summed E-state index contributed by atoms with van der Waals surface area (Å²) in [5, 5.41) is -0.609. The Kier molecular flexibility index (Phi) is 6.21. The Labute approximate surface area is 188 Å². The lowest BCUT2D eigenvalue weighted by atomic mass is 9.98. The Bertz CT molecular complexity index is 1300. The highest BCUT2D eigenvalue weighted by Gasteiger charge is 2.42. The van der Waals surface area contributed by atoms with Crippen LogP contribution in [-0.4, -0.2) is 55.4 Å². The summed E-state index contributed by atoms with van der Waals surface area (Å²) in [5.74, 6) is -0.425. The fourth-order valence-electron chi connectivity index (χ4n) is 4.00. The van der Waals surface area contributed by atoms with Gasteiger partial charge in [0.25, 0.3) is 0 Å².